The zero-order chi connectivity index (χ0) is 18.7. The summed E-state index contributed by atoms with van der Waals surface area (Å²) in [6, 6.07) is 12.1. The van der Waals surface area contributed by atoms with E-state index in [1.54, 1.807) is 36.4 Å². The molecule has 5 nitrogen and oxygen atoms in total. The van der Waals surface area contributed by atoms with Gasteiger partial charge in [0, 0.05) is 28.8 Å². The molecule has 0 bridgehead atoms. The van der Waals surface area contributed by atoms with Gasteiger partial charge in [0.05, 0.1) is 11.3 Å². The maximum absolute atomic E-state index is 12.4. The Morgan fingerprint density at radius 2 is 1.92 bits per heavy atom. The summed E-state index contributed by atoms with van der Waals surface area (Å²) in [5.74, 6) is -0.715. The minimum absolute atomic E-state index is 0.215. The lowest BCUT2D eigenvalue weighted by atomic mass is 9.98. The molecule has 1 amide bonds. The number of rotatable bonds is 4. The van der Waals surface area contributed by atoms with Gasteiger partial charge in [-0.25, -0.2) is 4.79 Å². The number of aromatic carboxylic acids is 1. The van der Waals surface area contributed by atoms with Crippen molar-refractivity contribution in [3.63, 3.8) is 0 Å². The fourth-order valence-electron chi connectivity index (χ4n) is 3.27. The molecule has 2 N–H and O–H groups in total. The van der Waals surface area contributed by atoms with Crippen molar-refractivity contribution < 1.29 is 14.7 Å². The van der Waals surface area contributed by atoms with Crippen molar-refractivity contribution in [2.45, 2.75) is 19.8 Å². The lowest BCUT2D eigenvalue weighted by Gasteiger charge is -2.33. The van der Waals surface area contributed by atoms with Crippen LogP contribution >= 0.6 is 15.9 Å². The van der Waals surface area contributed by atoms with E-state index in [4.69, 9.17) is 0 Å². The van der Waals surface area contributed by atoms with Gasteiger partial charge in [0.15, 0.2) is 0 Å². The van der Waals surface area contributed by atoms with E-state index in [-0.39, 0.29) is 11.5 Å². The molecule has 2 aromatic carbocycles. The molecular weight excluding hydrogens is 396 g/mol. The van der Waals surface area contributed by atoms with Crippen molar-refractivity contribution in [1.82, 2.24) is 0 Å². The lowest BCUT2D eigenvalue weighted by Crippen LogP contribution is -2.35. The second-order valence-electron chi connectivity index (χ2n) is 6.69. The average Bonchev–Trinajstić information content (AvgIpc) is 2.62. The van der Waals surface area contributed by atoms with Gasteiger partial charge < -0.3 is 15.3 Å². The molecule has 0 spiro atoms. The van der Waals surface area contributed by atoms with E-state index < -0.39 is 5.97 Å². The van der Waals surface area contributed by atoms with E-state index in [0.717, 1.165) is 24.0 Å². The van der Waals surface area contributed by atoms with Crippen molar-refractivity contribution in [2.24, 2.45) is 5.92 Å². The summed E-state index contributed by atoms with van der Waals surface area (Å²) >= 11 is 3.34. The predicted molar refractivity (Wildman–Crippen MR) is 106 cm³/mol. The zero-order valence-corrected chi connectivity index (χ0v) is 16.1. The van der Waals surface area contributed by atoms with Crippen LogP contribution in [0.4, 0.5) is 11.4 Å². The molecule has 0 aliphatic carbocycles. The fourth-order valence-corrected chi connectivity index (χ4v) is 3.54. The second-order valence-corrected chi connectivity index (χ2v) is 7.61. The van der Waals surface area contributed by atoms with Crippen molar-refractivity contribution in [1.29, 1.82) is 0 Å². The largest absolute Gasteiger partial charge is 0.478 e. The number of nitrogens with one attached hydrogen (secondary N) is 1. The van der Waals surface area contributed by atoms with Crippen LogP contribution in [-0.4, -0.2) is 30.1 Å². The minimum Gasteiger partial charge on any atom is -0.478 e. The predicted octanol–water partition coefficient (Wildman–Crippen LogP) is 4.64. The van der Waals surface area contributed by atoms with Crippen molar-refractivity contribution in [3.8, 4) is 0 Å². The normalized spacial score (nSPS) is 17.0. The molecule has 0 aromatic heterocycles. The van der Waals surface area contributed by atoms with Crippen LogP contribution in [-0.2, 0) is 0 Å². The van der Waals surface area contributed by atoms with Crippen LogP contribution in [0.15, 0.2) is 46.9 Å². The van der Waals surface area contributed by atoms with Crippen LogP contribution in [0.25, 0.3) is 0 Å². The highest BCUT2D eigenvalue weighted by Crippen LogP contribution is 2.29. The van der Waals surface area contributed by atoms with Gasteiger partial charge in [0.1, 0.15) is 0 Å². The molecule has 1 atom stereocenters. The van der Waals surface area contributed by atoms with Gasteiger partial charge in [-0.05, 0) is 61.2 Å². The number of carbonyl (C=O) groups is 2. The third kappa shape index (κ3) is 4.25. The molecule has 0 radical (unpaired) electrons. The monoisotopic (exact) mass is 416 g/mol. The first-order chi connectivity index (χ1) is 12.4. The second kappa shape index (κ2) is 7.91. The number of anilines is 2. The number of halogens is 1. The first-order valence-corrected chi connectivity index (χ1v) is 9.42. The summed E-state index contributed by atoms with van der Waals surface area (Å²) in [7, 11) is 0. The van der Waals surface area contributed by atoms with E-state index in [1.165, 1.54) is 12.5 Å². The molecular formula is C20H21BrN2O3. The van der Waals surface area contributed by atoms with Crippen molar-refractivity contribution >= 4 is 39.2 Å². The van der Waals surface area contributed by atoms with Gasteiger partial charge in [-0.2, -0.15) is 0 Å². The summed E-state index contributed by atoms with van der Waals surface area (Å²) in [5, 5.41) is 12.4. The van der Waals surface area contributed by atoms with Gasteiger partial charge in [0.25, 0.3) is 5.91 Å². The van der Waals surface area contributed by atoms with Gasteiger partial charge >= 0.3 is 5.97 Å². The third-order valence-electron chi connectivity index (χ3n) is 4.59. The Kier molecular flexibility index (Phi) is 5.61. The summed E-state index contributed by atoms with van der Waals surface area (Å²) in [4.78, 5) is 26.2. The Morgan fingerprint density at radius 1 is 1.19 bits per heavy atom. The van der Waals surface area contributed by atoms with E-state index >= 15 is 0 Å². The average molecular weight is 417 g/mol. The summed E-state index contributed by atoms with van der Waals surface area (Å²) < 4.78 is 0.891. The Hall–Kier alpha value is -2.34. The molecule has 1 aliphatic heterocycles. The Labute approximate surface area is 161 Å². The van der Waals surface area contributed by atoms with E-state index in [9.17, 15) is 14.7 Å². The van der Waals surface area contributed by atoms with E-state index in [0.29, 0.717) is 22.9 Å². The maximum Gasteiger partial charge on any atom is 0.337 e. The van der Waals surface area contributed by atoms with Gasteiger partial charge in [-0.1, -0.05) is 22.9 Å². The van der Waals surface area contributed by atoms with Crippen LogP contribution in [0, 0.1) is 5.92 Å². The van der Waals surface area contributed by atoms with Gasteiger partial charge in [-0.3, -0.25) is 4.79 Å². The number of amides is 1. The minimum atomic E-state index is -0.988. The lowest BCUT2D eigenvalue weighted by molar-refractivity contribution is 0.0697. The molecule has 26 heavy (non-hydrogen) atoms. The highest BCUT2D eigenvalue weighted by atomic mass is 79.9. The SMILES string of the molecule is C[C@H]1CCCN(c2ccc(NC(=O)c3ccc(Br)cc3)cc2C(=O)O)C1. The number of piperidine rings is 1. The number of carboxylic acid groups (broad SMARTS) is 1. The van der Waals surface area contributed by atoms with Crippen LogP contribution in [0.1, 0.15) is 40.5 Å². The number of carbonyl (C=O) groups excluding carboxylic acids is 1. The highest BCUT2D eigenvalue weighted by molar-refractivity contribution is 9.10. The summed E-state index contributed by atoms with van der Waals surface area (Å²) in [6.45, 7) is 3.89. The quantitative estimate of drug-likeness (QED) is 0.761. The Balaban J connectivity index is 1.83. The molecule has 1 saturated heterocycles. The highest BCUT2D eigenvalue weighted by Gasteiger charge is 2.22. The third-order valence-corrected chi connectivity index (χ3v) is 5.12. The van der Waals surface area contributed by atoms with E-state index in [2.05, 4.69) is 33.1 Å². The van der Waals surface area contributed by atoms with Crippen LogP contribution in [0.5, 0.6) is 0 Å². The topological polar surface area (TPSA) is 69.6 Å². The molecule has 3 rings (SSSR count). The van der Waals surface area contributed by atoms with Crippen molar-refractivity contribution in [2.75, 3.05) is 23.3 Å². The zero-order valence-electron chi connectivity index (χ0n) is 14.5. The first-order valence-electron chi connectivity index (χ1n) is 8.63. The van der Waals surface area contributed by atoms with Crippen LogP contribution in [0.2, 0.25) is 0 Å². The van der Waals surface area contributed by atoms with E-state index in [1.807, 2.05) is 0 Å². The van der Waals surface area contributed by atoms with Gasteiger partial charge in [0.2, 0.25) is 0 Å². The molecule has 1 fully saturated rings. The molecule has 0 saturated carbocycles. The van der Waals surface area contributed by atoms with Crippen LogP contribution in [0.3, 0.4) is 0 Å². The Morgan fingerprint density at radius 3 is 2.58 bits per heavy atom. The number of carboxylic acids is 1. The molecule has 136 valence electrons. The standard InChI is InChI=1S/C20H21BrN2O3/c1-13-3-2-10-23(12-13)18-9-8-16(11-17(18)20(25)26)22-19(24)14-4-6-15(21)7-5-14/h4-9,11,13H,2-3,10,12H2,1H3,(H,22,24)(H,25,26)/t13-/m0/s1. The maximum atomic E-state index is 12.4. The fraction of sp³-hybridized carbons (Fsp3) is 0.300. The van der Waals surface area contributed by atoms with Crippen LogP contribution < -0.4 is 10.2 Å². The molecule has 0 unspecified atom stereocenters. The molecule has 1 aliphatic rings. The summed E-state index contributed by atoms with van der Waals surface area (Å²) in [5.41, 5.74) is 1.92. The smallest absolute Gasteiger partial charge is 0.337 e. The number of hydrogen-bond acceptors (Lipinski definition) is 3. The van der Waals surface area contributed by atoms with Crippen molar-refractivity contribution in [3.05, 3.63) is 58.1 Å². The van der Waals surface area contributed by atoms with Gasteiger partial charge in [-0.15, -0.1) is 0 Å². The first kappa shape index (κ1) is 18.5. The number of nitrogens with zero attached hydrogens (tertiary/aromatic N) is 1. The summed E-state index contributed by atoms with van der Waals surface area (Å²) in [6.07, 6.45) is 2.22. The number of hydrogen-bond donors (Lipinski definition) is 2. The molecule has 2 aromatic rings. The Bertz CT molecular complexity index is 820. The number of benzene rings is 2. The molecule has 1 heterocycles. The molecule has 6 heteroatoms.